The SMILES string of the molecule is COc1ccc(C(=O)NC2CCCN(c3cc(-c4ccc(Cl)cc4)[nH]n3)C2)cc1. The number of aromatic nitrogens is 2. The van der Waals surface area contributed by atoms with Crippen molar-refractivity contribution in [3.63, 3.8) is 0 Å². The molecule has 1 amide bonds. The van der Waals surface area contributed by atoms with Crippen LogP contribution in [0.5, 0.6) is 5.75 Å². The summed E-state index contributed by atoms with van der Waals surface area (Å²) in [5.41, 5.74) is 2.61. The van der Waals surface area contributed by atoms with Gasteiger partial charge < -0.3 is 15.0 Å². The van der Waals surface area contributed by atoms with Gasteiger partial charge in [0.1, 0.15) is 5.75 Å². The van der Waals surface area contributed by atoms with Gasteiger partial charge in [-0.1, -0.05) is 23.7 Å². The largest absolute Gasteiger partial charge is 0.497 e. The van der Waals surface area contributed by atoms with Crippen molar-refractivity contribution in [2.45, 2.75) is 18.9 Å². The molecule has 1 atom stereocenters. The summed E-state index contributed by atoms with van der Waals surface area (Å²) < 4.78 is 5.15. The Morgan fingerprint density at radius 1 is 1.21 bits per heavy atom. The maximum absolute atomic E-state index is 12.6. The van der Waals surface area contributed by atoms with E-state index in [1.807, 2.05) is 30.3 Å². The van der Waals surface area contributed by atoms with Crippen LogP contribution < -0.4 is 15.0 Å². The third-order valence-corrected chi connectivity index (χ3v) is 5.40. The number of hydrogen-bond acceptors (Lipinski definition) is 4. The van der Waals surface area contributed by atoms with Gasteiger partial charge in [-0.2, -0.15) is 5.10 Å². The molecule has 2 heterocycles. The third kappa shape index (κ3) is 4.54. The van der Waals surface area contributed by atoms with Gasteiger partial charge in [-0.3, -0.25) is 9.89 Å². The minimum atomic E-state index is -0.0663. The lowest BCUT2D eigenvalue weighted by Gasteiger charge is -2.33. The fourth-order valence-corrected chi connectivity index (χ4v) is 3.69. The van der Waals surface area contributed by atoms with Crippen LogP contribution in [0.1, 0.15) is 23.2 Å². The molecule has 6 nitrogen and oxygen atoms in total. The molecule has 0 bridgehead atoms. The maximum Gasteiger partial charge on any atom is 0.251 e. The average molecular weight is 411 g/mol. The number of hydrogen-bond donors (Lipinski definition) is 2. The molecule has 0 saturated carbocycles. The summed E-state index contributed by atoms with van der Waals surface area (Å²) in [4.78, 5) is 14.8. The number of carbonyl (C=O) groups is 1. The van der Waals surface area contributed by atoms with Gasteiger partial charge in [-0.05, 0) is 54.8 Å². The van der Waals surface area contributed by atoms with Gasteiger partial charge in [0.05, 0.1) is 12.8 Å². The first kappa shape index (κ1) is 19.3. The van der Waals surface area contributed by atoms with Crippen LogP contribution >= 0.6 is 11.6 Å². The number of rotatable bonds is 5. The molecule has 0 radical (unpaired) electrons. The first-order valence-electron chi connectivity index (χ1n) is 9.63. The van der Waals surface area contributed by atoms with Crippen LogP contribution in [0.25, 0.3) is 11.3 Å². The summed E-state index contributed by atoms with van der Waals surface area (Å²) in [5, 5.41) is 11.4. The number of piperidine rings is 1. The first-order chi connectivity index (χ1) is 14.1. The predicted octanol–water partition coefficient (Wildman–Crippen LogP) is 4.14. The van der Waals surface area contributed by atoms with E-state index in [0.29, 0.717) is 10.6 Å². The van der Waals surface area contributed by atoms with Gasteiger partial charge >= 0.3 is 0 Å². The van der Waals surface area contributed by atoms with Crippen LogP contribution in [0.15, 0.2) is 54.6 Å². The monoisotopic (exact) mass is 410 g/mol. The highest BCUT2D eigenvalue weighted by Gasteiger charge is 2.23. The van der Waals surface area contributed by atoms with Gasteiger partial charge in [0, 0.05) is 35.8 Å². The number of nitrogens with one attached hydrogen (secondary N) is 2. The molecule has 1 aliphatic heterocycles. The molecular formula is C22H23ClN4O2. The topological polar surface area (TPSA) is 70.2 Å². The number of halogens is 1. The number of methoxy groups -OCH3 is 1. The van der Waals surface area contributed by atoms with E-state index in [9.17, 15) is 4.79 Å². The highest BCUT2D eigenvalue weighted by atomic mass is 35.5. The predicted molar refractivity (Wildman–Crippen MR) is 115 cm³/mol. The van der Waals surface area contributed by atoms with Gasteiger partial charge in [-0.15, -0.1) is 0 Å². The van der Waals surface area contributed by atoms with Gasteiger partial charge in [0.15, 0.2) is 5.82 Å². The number of H-pyrrole nitrogens is 1. The van der Waals surface area contributed by atoms with Crippen LogP contribution in [0.3, 0.4) is 0 Å². The Morgan fingerprint density at radius 2 is 1.97 bits per heavy atom. The molecule has 1 fully saturated rings. The first-order valence-corrected chi connectivity index (χ1v) is 10.0. The van der Waals surface area contributed by atoms with Crippen molar-refractivity contribution in [2.24, 2.45) is 0 Å². The van der Waals surface area contributed by atoms with Crippen molar-refractivity contribution in [2.75, 3.05) is 25.1 Å². The zero-order valence-corrected chi connectivity index (χ0v) is 16.9. The molecule has 1 aromatic heterocycles. The van der Waals surface area contributed by atoms with Gasteiger partial charge in [0.25, 0.3) is 5.91 Å². The fraction of sp³-hybridized carbons (Fsp3) is 0.273. The average Bonchev–Trinajstić information content (AvgIpc) is 3.25. The highest BCUT2D eigenvalue weighted by Crippen LogP contribution is 2.25. The summed E-state index contributed by atoms with van der Waals surface area (Å²) in [5.74, 6) is 1.56. The minimum absolute atomic E-state index is 0.0663. The van der Waals surface area contributed by atoms with Crippen LogP contribution in [0, 0.1) is 0 Å². The second-order valence-corrected chi connectivity index (χ2v) is 7.57. The van der Waals surface area contributed by atoms with Crippen molar-refractivity contribution in [1.29, 1.82) is 0 Å². The third-order valence-electron chi connectivity index (χ3n) is 5.15. The molecule has 1 unspecified atom stereocenters. The lowest BCUT2D eigenvalue weighted by Crippen LogP contribution is -2.48. The Balaban J connectivity index is 1.40. The summed E-state index contributed by atoms with van der Waals surface area (Å²) >= 11 is 5.97. The second kappa shape index (κ2) is 8.57. The molecule has 1 saturated heterocycles. The number of benzene rings is 2. The molecule has 1 aliphatic rings. The summed E-state index contributed by atoms with van der Waals surface area (Å²) in [6, 6.07) is 16.9. The highest BCUT2D eigenvalue weighted by molar-refractivity contribution is 6.30. The van der Waals surface area contributed by atoms with Crippen LogP contribution in [0.2, 0.25) is 5.02 Å². The quantitative estimate of drug-likeness (QED) is 0.663. The van der Waals surface area contributed by atoms with E-state index in [1.54, 1.807) is 31.4 Å². The van der Waals surface area contributed by atoms with E-state index in [1.165, 1.54) is 0 Å². The second-order valence-electron chi connectivity index (χ2n) is 7.13. The van der Waals surface area contributed by atoms with Crippen LogP contribution in [-0.2, 0) is 0 Å². The van der Waals surface area contributed by atoms with Gasteiger partial charge in [-0.25, -0.2) is 0 Å². The van der Waals surface area contributed by atoms with E-state index in [4.69, 9.17) is 16.3 Å². The molecule has 2 aromatic carbocycles. The molecule has 150 valence electrons. The van der Waals surface area contributed by atoms with E-state index >= 15 is 0 Å². The number of anilines is 1. The minimum Gasteiger partial charge on any atom is -0.497 e. The summed E-state index contributed by atoms with van der Waals surface area (Å²) in [6.45, 7) is 1.65. The number of aromatic amines is 1. The maximum atomic E-state index is 12.6. The Labute approximate surface area is 174 Å². The lowest BCUT2D eigenvalue weighted by molar-refractivity contribution is 0.0933. The molecule has 0 spiro atoms. The molecule has 4 rings (SSSR count). The lowest BCUT2D eigenvalue weighted by atomic mass is 10.0. The van der Waals surface area contributed by atoms with Crippen molar-refractivity contribution in [1.82, 2.24) is 15.5 Å². The van der Waals surface area contributed by atoms with Crippen molar-refractivity contribution >= 4 is 23.3 Å². The van der Waals surface area contributed by atoms with Crippen molar-refractivity contribution in [3.8, 4) is 17.0 Å². The molecular weight excluding hydrogens is 388 g/mol. The van der Waals surface area contributed by atoms with E-state index in [2.05, 4.69) is 20.4 Å². The summed E-state index contributed by atoms with van der Waals surface area (Å²) in [6.07, 6.45) is 1.95. The van der Waals surface area contributed by atoms with E-state index in [0.717, 1.165) is 48.8 Å². The molecule has 3 aromatic rings. The zero-order chi connectivity index (χ0) is 20.2. The normalized spacial score (nSPS) is 16.5. The Bertz CT molecular complexity index is 969. The molecule has 7 heteroatoms. The van der Waals surface area contributed by atoms with E-state index < -0.39 is 0 Å². The zero-order valence-electron chi connectivity index (χ0n) is 16.2. The fourth-order valence-electron chi connectivity index (χ4n) is 3.56. The Hall–Kier alpha value is -2.99. The standard InChI is InChI=1S/C22H23ClN4O2/c1-29-19-10-6-16(7-11-19)22(28)24-18-3-2-12-27(14-18)21-13-20(25-26-21)15-4-8-17(23)9-5-15/h4-11,13,18H,2-3,12,14H2,1H3,(H,24,28)(H,25,26). The molecule has 2 N–H and O–H groups in total. The summed E-state index contributed by atoms with van der Waals surface area (Å²) in [7, 11) is 1.61. The Morgan fingerprint density at radius 3 is 2.69 bits per heavy atom. The van der Waals surface area contributed by atoms with Gasteiger partial charge in [0.2, 0.25) is 0 Å². The van der Waals surface area contributed by atoms with E-state index in [-0.39, 0.29) is 11.9 Å². The number of carbonyl (C=O) groups excluding carboxylic acids is 1. The molecule has 29 heavy (non-hydrogen) atoms. The Kier molecular flexibility index (Phi) is 5.71. The smallest absolute Gasteiger partial charge is 0.251 e. The number of amides is 1. The number of ether oxygens (including phenoxy) is 1. The van der Waals surface area contributed by atoms with Crippen molar-refractivity contribution in [3.05, 3.63) is 65.2 Å². The number of nitrogens with zero attached hydrogens (tertiary/aromatic N) is 2. The van der Waals surface area contributed by atoms with Crippen LogP contribution in [-0.4, -0.2) is 42.3 Å². The molecule has 0 aliphatic carbocycles. The van der Waals surface area contributed by atoms with Crippen LogP contribution in [0.4, 0.5) is 5.82 Å². The van der Waals surface area contributed by atoms with Crippen molar-refractivity contribution < 1.29 is 9.53 Å².